The Morgan fingerprint density at radius 1 is 1.28 bits per heavy atom. The maximum atomic E-state index is 12.6. The van der Waals surface area contributed by atoms with Crippen LogP contribution >= 0.6 is 0 Å². The zero-order valence-electron chi connectivity index (χ0n) is 16.1. The number of cyclic esters (lactones) is 2. The molecule has 0 unspecified atom stereocenters. The van der Waals surface area contributed by atoms with Gasteiger partial charge in [0.25, 0.3) is 0 Å². The molecule has 0 saturated carbocycles. The van der Waals surface area contributed by atoms with Crippen molar-refractivity contribution in [2.24, 2.45) is 5.41 Å². The summed E-state index contributed by atoms with van der Waals surface area (Å²) in [5.74, 6) is -0.748. The lowest BCUT2D eigenvalue weighted by Crippen LogP contribution is -2.33. The highest BCUT2D eigenvalue weighted by Crippen LogP contribution is 2.54. The second-order valence-electron chi connectivity index (χ2n) is 7.55. The van der Waals surface area contributed by atoms with Crippen LogP contribution in [0.2, 0.25) is 0 Å². The molecule has 2 aliphatic carbocycles. The predicted octanol–water partition coefficient (Wildman–Crippen LogP) is 2.92. The van der Waals surface area contributed by atoms with E-state index in [0.717, 1.165) is 22.3 Å². The molecule has 1 aromatic heterocycles. The highest BCUT2D eigenvalue weighted by Gasteiger charge is 2.52. The van der Waals surface area contributed by atoms with Crippen LogP contribution in [0, 0.1) is 5.41 Å². The first-order valence-electron chi connectivity index (χ1n) is 9.42. The number of furan rings is 1. The molecule has 7 nitrogen and oxygen atoms in total. The Labute approximate surface area is 167 Å². The van der Waals surface area contributed by atoms with Gasteiger partial charge in [0, 0.05) is 24.7 Å². The van der Waals surface area contributed by atoms with Crippen LogP contribution in [0.5, 0.6) is 0 Å². The van der Waals surface area contributed by atoms with E-state index >= 15 is 0 Å². The zero-order chi connectivity index (χ0) is 20.2. The lowest BCUT2D eigenvalue weighted by Gasteiger charge is -2.35. The number of rotatable bonds is 4. The van der Waals surface area contributed by atoms with Crippen LogP contribution in [0.4, 0.5) is 0 Å². The molecule has 5 rings (SSSR count). The predicted molar refractivity (Wildman–Crippen MR) is 99.2 cm³/mol. The van der Waals surface area contributed by atoms with E-state index in [1.54, 1.807) is 31.8 Å². The average Bonchev–Trinajstić information content (AvgIpc) is 3.41. The standard InChI is InChI=1S/C22H20O7/c1-12-16-7-14(28-11-25-2)8-17-21(24)27-10-22(16,17)5-3-15-18(12)19(29-20(15)23)13-4-6-26-9-13/h3-6,8-9,14,19H,7,10-11H2,1-2H3/t14-,19+,22+/m1/s1. The molecule has 150 valence electrons. The number of hydrogen-bond acceptors (Lipinski definition) is 7. The Bertz CT molecular complexity index is 1010. The largest absolute Gasteiger partial charge is 0.472 e. The number of hydrogen-bond donors (Lipinski definition) is 0. The summed E-state index contributed by atoms with van der Waals surface area (Å²) in [6.07, 6.45) is 8.30. The van der Waals surface area contributed by atoms with E-state index in [1.165, 1.54) is 0 Å². The van der Waals surface area contributed by atoms with Crippen molar-refractivity contribution in [3.05, 3.63) is 70.2 Å². The fraction of sp³-hybridized carbons (Fsp3) is 0.364. The third kappa shape index (κ3) is 2.58. The van der Waals surface area contributed by atoms with Crippen LogP contribution in [-0.2, 0) is 28.5 Å². The fourth-order valence-corrected chi connectivity index (χ4v) is 4.68. The molecular weight excluding hydrogens is 376 g/mol. The molecule has 2 aliphatic heterocycles. The highest BCUT2D eigenvalue weighted by atomic mass is 16.7. The van der Waals surface area contributed by atoms with Gasteiger partial charge in [-0.2, -0.15) is 0 Å². The lowest BCUT2D eigenvalue weighted by atomic mass is 9.68. The molecule has 0 amide bonds. The number of carbonyl (C=O) groups excluding carboxylic acids is 2. The van der Waals surface area contributed by atoms with E-state index in [-0.39, 0.29) is 31.4 Å². The van der Waals surface area contributed by atoms with Gasteiger partial charge in [-0.1, -0.05) is 6.08 Å². The van der Waals surface area contributed by atoms with Crippen molar-refractivity contribution in [2.75, 3.05) is 20.5 Å². The summed E-state index contributed by atoms with van der Waals surface area (Å²) in [6, 6.07) is 1.79. The van der Waals surface area contributed by atoms with Gasteiger partial charge in [0.15, 0.2) is 6.10 Å². The first kappa shape index (κ1) is 18.1. The highest BCUT2D eigenvalue weighted by molar-refractivity contribution is 5.99. The first-order chi connectivity index (χ1) is 14.0. The van der Waals surface area contributed by atoms with Crippen molar-refractivity contribution in [3.63, 3.8) is 0 Å². The SMILES string of the molecule is COCO[C@H]1C=C2C(=O)OC[C@]23C=CC2=C(C(C)=C3C1)[C@H](c1ccoc1)OC2=O. The van der Waals surface area contributed by atoms with Crippen LogP contribution < -0.4 is 0 Å². The van der Waals surface area contributed by atoms with E-state index in [2.05, 4.69) is 0 Å². The van der Waals surface area contributed by atoms with Crippen molar-refractivity contribution in [1.29, 1.82) is 0 Å². The van der Waals surface area contributed by atoms with E-state index in [1.807, 2.05) is 19.1 Å². The van der Waals surface area contributed by atoms with Crippen molar-refractivity contribution in [1.82, 2.24) is 0 Å². The van der Waals surface area contributed by atoms with Gasteiger partial charge < -0.3 is 23.4 Å². The van der Waals surface area contributed by atoms with Crippen LogP contribution in [-0.4, -0.2) is 38.6 Å². The summed E-state index contributed by atoms with van der Waals surface area (Å²) in [4.78, 5) is 25.1. The second kappa shape index (κ2) is 6.57. The van der Waals surface area contributed by atoms with E-state index in [4.69, 9.17) is 23.4 Å². The number of esters is 2. The smallest absolute Gasteiger partial charge is 0.339 e. The number of methoxy groups -OCH3 is 1. The van der Waals surface area contributed by atoms with E-state index < -0.39 is 11.5 Å². The zero-order valence-corrected chi connectivity index (χ0v) is 16.1. The molecule has 0 aromatic carbocycles. The summed E-state index contributed by atoms with van der Waals surface area (Å²) in [6.45, 7) is 2.29. The molecule has 29 heavy (non-hydrogen) atoms. The van der Waals surface area contributed by atoms with Gasteiger partial charge in [0.05, 0.1) is 35.2 Å². The minimum absolute atomic E-state index is 0.117. The van der Waals surface area contributed by atoms with E-state index in [0.29, 0.717) is 17.6 Å². The Morgan fingerprint density at radius 2 is 2.14 bits per heavy atom. The quantitative estimate of drug-likeness (QED) is 0.571. The van der Waals surface area contributed by atoms with Crippen molar-refractivity contribution in [2.45, 2.75) is 25.6 Å². The fourth-order valence-electron chi connectivity index (χ4n) is 4.68. The average molecular weight is 396 g/mol. The van der Waals surface area contributed by atoms with Crippen LogP contribution in [0.25, 0.3) is 0 Å². The van der Waals surface area contributed by atoms with Gasteiger partial charge in [0.2, 0.25) is 0 Å². The molecule has 1 fully saturated rings. The minimum Gasteiger partial charge on any atom is -0.472 e. The molecule has 1 aromatic rings. The second-order valence-corrected chi connectivity index (χ2v) is 7.55. The van der Waals surface area contributed by atoms with Crippen molar-refractivity contribution < 1.29 is 33.0 Å². The normalized spacial score (nSPS) is 30.5. The maximum Gasteiger partial charge on any atom is 0.339 e. The van der Waals surface area contributed by atoms with Gasteiger partial charge in [0.1, 0.15) is 13.4 Å². The van der Waals surface area contributed by atoms with Gasteiger partial charge in [-0.05, 0) is 36.3 Å². The Hall–Kier alpha value is -2.90. The third-order valence-electron chi connectivity index (χ3n) is 6.06. The minimum atomic E-state index is -0.695. The van der Waals surface area contributed by atoms with Crippen LogP contribution in [0.1, 0.15) is 25.0 Å². The molecule has 4 aliphatic rings. The molecular formula is C22H20O7. The van der Waals surface area contributed by atoms with Crippen LogP contribution in [0.3, 0.4) is 0 Å². The summed E-state index contributed by atoms with van der Waals surface area (Å²) in [5, 5.41) is 0. The summed E-state index contributed by atoms with van der Waals surface area (Å²) in [7, 11) is 1.55. The van der Waals surface area contributed by atoms with Crippen molar-refractivity contribution in [3.8, 4) is 0 Å². The topological polar surface area (TPSA) is 84.2 Å². The van der Waals surface area contributed by atoms with Gasteiger partial charge in [-0.15, -0.1) is 0 Å². The molecule has 7 heteroatoms. The lowest BCUT2D eigenvalue weighted by molar-refractivity contribution is -0.139. The monoisotopic (exact) mass is 396 g/mol. The Balaban J connectivity index is 1.67. The molecule has 3 atom stereocenters. The summed E-state index contributed by atoms with van der Waals surface area (Å²) < 4.78 is 27.1. The summed E-state index contributed by atoms with van der Waals surface area (Å²) in [5.41, 5.74) is 3.82. The number of ether oxygens (including phenoxy) is 4. The third-order valence-corrected chi connectivity index (χ3v) is 6.06. The van der Waals surface area contributed by atoms with Crippen LogP contribution in [0.15, 0.2) is 69.1 Å². The Kier molecular flexibility index (Phi) is 4.11. The number of carbonyl (C=O) groups is 2. The van der Waals surface area contributed by atoms with Gasteiger partial charge in [-0.3, -0.25) is 0 Å². The van der Waals surface area contributed by atoms with E-state index in [9.17, 15) is 9.59 Å². The molecule has 0 radical (unpaired) electrons. The van der Waals surface area contributed by atoms with Crippen molar-refractivity contribution >= 4 is 11.9 Å². The molecule has 1 spiro atoms. The molecule has 3 heterocycles. The van der Waals surface area contributed by atoms with Gasteiger partial charge >= 0.3 is 11.9 Å². The molecule has 1 saturated heterocycles. The van der Waals surface area contributed by atoms with Gasteiger partial charge in [-0.25, -0.2) is 9.59 Å². The summed E-state index contributed by atoms with van der Waals surface area (Å²) >= 11 is 0. The molecule has 0 N–H and O–H groups in total. The Morgan fingerprint density at radius 3 is 2.90 bits per heavy atom. The first-order valence-corrected chi connectivity index (χ1v) is 9.42. The molecule has 0 bridgehead atoms. The maximum absolute atomic E-state index is 12.6.